The SMILES string of the molecule is C=C[C@@H]1CC1(NC(=O)[C@@H]1C[C@@H](Oc2cc(-c3cccnc3)nc3c(C)c(OC)ccc23)CN1C(=O)C(CC(=O)N1CCCC(F)(F)C1)C(C)(C)C)C(=O)NS(=O)(=O)C1CC1. The molecule has 17 heteroatoms. The number of alkyl halides is 2. The van der Waals surface area contributed by atoms with E-state index in [4.69, 9.17) is 14.5 Å². The molecule has 2 saturated carbocycles. The van der Waals surface area contributed by atoms with Gasteiger partial charge in [0.1, 0.15) is 29.2 Å². The van der Waals surface area contributed by atoms with E-state index >= 15 is 0 Å². The van der Waals surface area contributed by atoms with Gasteiger partial charge >= 0.3 is 0 Å². The molecule has 0 bridgehead atoms. The van der Waals surface area contributed by atoms with Crippen molar-refractivity contribution in [2.75, 3.05) is 26.7 Å². The summed E-state index contributed by atoms with van der Waals surface area (Å²) in [4.78, 5) is 68.3. The first-order chi connectivity index (χ1) is 28.3. The fourth-order valence-corrected chi connectivity index (χ4v) is 9.74. The zero-order chi connectivity index (χ0) is 43.4. The number of benzene rings is 1. The van der Waals surface area contributed by atoms with Crippen molar-refractivity contribution in [2.24, 2.45) is 17.3 Å². The summed E-state index contributed by atoms with van der Waals surface area (Å²) in [6, 6.07) is 7.76. The van der Waals surface area contributed by atoms with Gasteiger partial charge in [0.2, 0.25) is 27.7 Å². The number of nitrogens with zero attached hydrogens (tertiary/aromatic N) is 4. The summed E-state index contributed by atoms with van der Waals surface area (Å²) in [7, 11) is -2.40. The van der Waals surface area contributed by atoms with Crippen LogP contribution in [0.4, 0.5) is 8.78 Å². The Balaban J connectivity index is 1.23. The Morgan fingerprint density at radius 1 is 1.13 bits per heavy atom. The van der Waals surface area contributed by atoms with Crippen LogP contribution in [-0.2, 0) is 29.2 Å². The summed E-state index contributed by atoms with van der Waals surface area (Å²) < 4.78 is 68.9. The molecule has 4 amide bonds. The average Bonchev–Trinajstić information content (AvgIpc) is 4.13. The van der Waals surface area contributed by atoms with Crippen molar-refractivity contribution in [3.05, 3.63) is 60.9 Å². The van der Waals surface area contributed by atoms with Gasteiger partial charge in [-0.15, -0.1) is 6.58 Å². The van der Waals surface area contributed by atoms with Gasteiger partial charge in [0.15, 0.2) is 0 Å². The van der Waals surface area contributed by atoms with E-state index < -0.39 is 86.3 Å². The van der Waals surface area contributed by atoms with Gasteiger partial charge in [-0.3, -0.25) is 28.9 Å². The van der Waals surface area contributed by atoms with Crippen molar-refractivity contribution in [3.63, 3.8) is 0 Å². The fraction of sp³-hybridized carbons (Fsp3) is 0.535. The van der Waals surface area contributed by atoms with Crippen molar-refractivity contribution in [1.29, 1.82) is 0 Å². The maximum Gasteiger partial charge on any atom is 0.265 e. The molecule has 14 nitrogen and oxygen atoms in total. The largest absolute Gasteiger partial charge is 0.496 e. The van der Waals surface area contributed by atoms with Gasteiger partial charge in [0, 0.05) is 66.7 Å². The van der Waals surface area contributed by atoms with Crippen molar-refractivity contribution < 1.29 is 45.9 Å². The summed E-state index contributed by atoms with van der Waals surface area (Å²) in [5.74, 6) is -6.39. The molecule has 1 aromatic carbocycles. The number of halogens is 2. The van der Waals surface area contributed by atoms with Gasteiger partial charge in [0.05, 0.1) is 42.6 Å². The average molecular weight is 851 g/mol. The molecule has 3 aromatic rings. The maximum atomic E-state index is 14.9. The highest BCUT2D eigenvalue weighted by Gasteiger charge is 2.62. The number of aromatic nitrogens is 2. The van der Waals surface area contributed by atoms with Gasteiger partial charge < -0.3 is 24.6 Å². The standard InChI is InChI=1S/C43H52F2N6O8S/c1-7-27-21-43(27,40(55)49-60(56,57)29-11-12-29)48-38(53)33-18-28(23-51(33)39(54)31(41(3,4)5)19-36(52)50-17-9-15-42(44,45)24-50)59-35-20-32(26-10-8-16-46-22-26)47-37-25(2)34(58-6)14-13-30(35)37/h7-8,10,13-14,16,20,22,27-29,31,33H,1,9,11-12,15,17-19,21,23-24H2,2-6H3,(H,48,53)(H,49,55)/t27-,28-,31?,33+,43?/m1/s1. The lowest BCUT2D eigenvalue weighted by atomic mass is 9.77. The summed E-state index contributed by atoms with van der Waals surface area (Å²) in [5, 5.41) is 2.75. The molecular weight excluding hydrogens is 799 g/mol. The van der Waals surface area contributed by atoms with Crippen LogP contribution in [0.3, 0.4) is 0 Å². The normalized spacial score (nSPS) is 24.4. The van der Waals surface area contributed by atoms with Crippen LogP contribution in [0.1, 0.15) is 71.3 Å². The van der Waals surface area contributed by atoms with E-state index in [1.165, 1.54) is 11.0 Å². The second kappa shape index (κ2) is 16.0. The van der Waals surface area contributed by atoms with Crippen LogP contribution < -0.4 is 19.5 Å². The number of pyridine rings is 2. The first-order valence-corrected chi connectivity index (χ1v) is 21.8. The third-order valence-electron chi connectivity index (χ3n) is 12.2. The molecule has 2 aliphatic carbocycles. The van der Waals surface area contributed by atoms with Crippen LogP contribution in [-0.4, -0.2) is 107 Å². The Labute approximate surface area is 348 Å². The zero-order valence-corrected chi connectivity index (χ0v) is 35.3. The first kappa shape index (κ1) is 42.9. The van der Waals surface area contributed by atoms with E-state index in [0.717, 1.165) is 10.5 Å². The van der Waals surface area contributed by atoms with E-state index in [0.29, 0.717) is 46.5 Å². The lowest BCUT2D eigenvalue weighted by Gasteiger charge is -2.37. The van der Waals surface area contributed by atoms with Crippen LogP contribution in [0, 0.1) is 24.2 Å². The monoisotopic (exact) mass is 850 g/mol. The predicted octanol–water partition coefficient (Wildman–Crippen LogP) is 4.94. The summed E-state index contributed by atoms with van der Waals surface area (Å²) in [6.07, 6.45) is 4.32. The van der Waals surface area contributed by atoms with E-state index in [-0.39, 0.29) is 45.2 Å². The number of rotatable bonds is 13. The highest BCUT2D eigenvalue weighted by atomic mass is 32.2. The van der Waals surface area contributed by atoms with Crippen LogP contribution in [0.25, 0.3) is 22.2 Å². The highest BCUT2D eigenvalue weighted by Crippen LogP contribution is 2.46. The molecule has 322 valence electrons. The number of methoxy groups -OCH3 is 1. The predicted molar refractivity (Wildman–Crippen MR) is 218 cm³/mol. The Bertz CT molecular complexity index is 2320. The minimum Gasteiger partial charge on any atom is -0.496 e. The molecule has 2 aliphatic heterocycles. The molecule has 2 aromatic heterocycles. The lowest BCUT2D eigenvalue weighted by molar-refractivity contribution is -0.151. The third-order valence-corrected chi connectivity index (χ3v) is 14.0. The third kappa shape index (κ3) is 8.68. The minimum atomic E-state index is -3.96. The van der Waals surface area contributed by atoms with Crippen molar-refractivity contribution in [3.8, 4) is 22.8 Å². The van der Waals surface area contributed by atoms with Crippen LogP contribution in [0.15, 0.2) is 55.4 Å². The number of carbonyl (C=O) groups excluding carboxylic acids is 4. The second-order valence-corrected chi connectivity index (χ2v) is 19.6. The van der Waals surface area contributed by atoms with Gasteiger partial charge in [0.25, 0.3) is 11.8 Å². The molecule has 5 atom stereocenters. The highest BCUT2D eigenvalue weighted by molar-refractivity contribution is 7.91. The molecule has 0 spiro atoms. The number of hydrogen-bond acceptors (Lipinski definition) is 10. The van der Waals surface area contributed by atoms with Crippen LogP contribution >= 0.6 is 0 Å². The maximum absolute atomic E-state index is 14.9. The molecule has 60 heavy (non-hydrogen) atoms. The van der Waals surface area contributed by atoms with Crippen molar-refractivity contribution >= 4 is 44.6 Å². The van der Waals surface area contributed by atoms with Gasteiger partial charge in [-0.25, -0.2) is 22.2 Å². The number of aryl methyl sites for hydroxylation is 1. The Morgan fingerprint density at radius 2 is 1.88 bits per heavy atom. The molecule has 4 fully saturated rings. The van der Waals surface area contributed by atoms with Crippen LogP contribution in [0.2, 0.25) is 0 Å². The minimum absolute atomic E-state index is 0.0429. The molecule has 0 radical (unpaired) electrons. The molecule has 2 saturated heterocycles. The number of ether oxygens (including phenoxy) is 2. The number of fused-ring (bicyclic) bond motifs is 1. The second-order valence-electron chi connectivity index (χ2n) is 17.6. The van der Waals surface area contributed by atoms with Crippen LogP contribution in [0.5, 0.6) is 11.5 Å². The Kier molecular flexibility index (Phi) is 11.5. The number of carbonyl (C=O) groups is 4. The molecule has 4 aliphatic rings. The summed E-state index contributed by atoms with van der Waals surface area (Å²) >= 11 is 0. The fourth-order valence-electron chi connectivity index (χ4n) is 8.38. The molecular formula is C43H52F2N6O8S. The molecule has 2 N–H and O–H groups in total. The van der Waals surface area contributed by atoms with E-state index in [2.05, 4.69) is 21.6 Å². The zero-order valence-electron chi connectivity index (χ0n) is 34.5. The quantitative estimate of drug-likeness (QED) is 0.224. The van der Waals surface area contributed by atoms with Crippen molar-refractivity contribution in [1.82, 2.24) is 29.8 Å². The van der Waals surface area contributed by atoms with E-state index in [9.17, 15) is 36.4 Å². The molecule has 2 unspecified atom stereocenters. The summed E-state index contributed by atoms with van der Waals surface area (Å²) in [6.45, 7) is 10.3. The Hall–Kier alpha value is -5.19. The number of nitrogens with one attached hydrogen (secondary N) is 2. The van der Waals surface area contributed by atoms with Crippen molar-refractivity contribution in [2.45, 2.75) is 101 Å². The van der Waals surface area contributed by atoms with Gasteiger partial charge in [-0.05, 0) is 62.3 Å². The van der Waals surface area contributed by atoms with Gasteiger partial charge in [-0.1, -0.05) is 26.8 Å². The first-order valence-electron chi connectivity index (χ1n) is 20.3. The number of hydrogen-bond donors (Lipinski definition) is 2. The topological polar surface area (TPSA) is 177 Å². The smallest absolute Gasteiger partial charge is 0.265 e. The summed E-state index contributed by atoms with van der Waals surface area (Å²) in [5.41, 5.74) is 0.135. The van der Waals surface area contributed by atoms with E-state index in [1.54, 1.807) is 58.5 Å². The lowest BCUT2D eigenvalue weighted by Crippen LogP contribution is -2.57. The number of sulfonamides is 1. The van der Waals surface area contributed by atoms with E-state index in [1.807, 2.05) is 19.1 Å². The van der Waals surface area contributed by atoms with Gasteiger partial charge in [-0.2, -0.15) is 0 Å². The number of amides is 4. The Morgan fingerprint density at radius 3 is 2.50 bits per heavy atom. The molecule has 4 heterocycles. The number of likely N-dealkylation sites (tertiary alicyclic amines) is 2. The molecule has 7 rings (SSSR count). The number of piperidine rings is 1.